The zero-order chi connectivity index (χ0) is 11.1. The van der Waals surface area contributed by atoms with Gasteiger partial charge >= 0.3 is 0 Å². The van der Waals surface area contributed by atoms with Crippen LogP contribution in [0.25, 0.3) is 5.73 Å². The van der Waals surface area contributed by atoms with Crippen LogP contribution in [0.15, 0.2) is 10.6 Å². The second-order valence-electron chi connectivity index (χ2n) is 2.05. The van der Waals surface area contributed by atoms with Crippen molar-refractivity contribution in [2.45, 2.75) is 6.92 Å². The van der Waals surface area contributed by atoms with E-state index in [0.29, 0.717) is 0 Å². The van der Waals surface area contributed by atoms with Gasteiger partial charge in [-0.15, -0.1) is 0 Å². The van der Waals surface area contributed by atoms with Gasteiger partial charge in [0.2, 0.25) is 0 Å². The molecule has 0 saturated heterocycles. The molecule has 0 spiro atoms. The third-order valence-electron chi connectivity index (χ3n) is 0.823. The van der Waals surface area contributed by atoms with E-state index in [1.165, 1.54) is 13.0 Å². The Morgan fingerprint density at radius 2 is 2.20 bits per heavy atom. The van der Waals surface area contributed by atoms with Crippen LogP contribution in [-0.2, 0) is 37.5 Å². The molecule has 0 aromatic carbocycles. The summed E-state index contributed by atoms with van der Waals surface area (Å²) >= 11 is 4.53. The fraction of sp³-hybridized carbons (Fsp3) is 0.167. The number of amides is 1. The van der Waals surface area contributed by atoms with Crippen LogP contribution in [0, 0.1) is 0 Å². The van der Waals surface area contributed by atoms with E-state index in [0.717, 1.165) is 0 Å². The molecule has 1 radical (unpaired) electrons. The molecule has 1 heterocycles. The Hall–Kier alpha value is -0.566. The maximum absolute atomic E-state index is 9.11. The molecule has 81 valence electrons. The third-order valence-corrected chi connectivity index (χ3v) is 1.12. The van der Waals surface area contributed by atoms with Crippen LogP contribution in [0.4, 0.5) is 0 Å². The first-order valence-electron chi connectivity index (χ1n) is 3.29. The monoisotopic (exact) mass is 307 g/mol. The van der Waals surface area contributed by atoms with E-state index in [9.17, 15) is 0 Å². The zero-order valence-corrected chi connectivity index (χ0v) is 11.4. The van der Waals surface area contributed by atoms with Gasteiger partial charge in [0.15, 0.2) is 10.7 Å². The summed E-state index contributed by atoms with van der Waals surface area (Å²) in [5, 5.41) is 20.0. The Kier molecular flexibility index (Phi) is 9.79. The summed E-state index contributed by atoms with van der Waals surface area (Å²) in [7, 11) is 0. The second-order valence-corrected chi connectivity index (χ2v) is 2.45. The first kappa shape index (κ1) is 16.8. The van der Waals surface area contributed by atoms with Crippen LogP contribution in [0.1, 0.15) is 12.7 Å². The van der Waals surface area contributed by atoms with Crippen molar-refractivity contribution in [3.05, 3.63) is 17.6 Å². The van der Waals surface area contributed by atoms with Crippen molar-refractivity contribution < 1.29 is 52.3 Å². The molecule has 1 amide bonds. The number of carbonyl (C=O) groups is 1. The normalized spacial score (nSPS) is 7.87. The summed E-state index contributed by atoms with van der Waals surface area (Å²) in [5.41, 5.74) is 7.63. The SMILES string of the molecule is CC([NH-])=O.ONC(=S)c1cc(O)no1.[Y]. The molecule has 0 fully saturated rings. The maximum atomic E-state index is 9.11. The summed E-state index contributed by atoms with van der Waals surface area (Å²) in [5.74, 6) is -0.734. The first-order valence-corrected chi connectivity index (χ1v) is 3.70. The molecular formula is C6H8N3O4SY-. The number of rotatable bonds is 1. The van der Waals surface area contributed by atoms with Gasteiger partial charge in [0.1, 0.15) is 0 Å². The predicted octanol–water partition coefficient (Wildman–Crippen LogP) is 0.617. The number of carbonyl (C=O) groups excluding carboxylic acids is 1. The number of hydroxylamine groups is 1. The van der Waals surface area contributed by atoms with Gasteiger partial charge in [-0.1, -0.05) is 12.2 Å². The van der Waals surface area contributed by atoms with Crippen molar-refractivity contribution in [1.82, 2.24) is 10.6 Å². The molecule has 0 atom stereocenters. The van der Waals surface area contributed by atoms with Crippen molar-refractivity contribution in [3.8, 4) is 5.88 Å². The van der Waals surface area contributed by atoms with Gasteiger partial charge in [-0.05, 0) is 12.1 Å². The summed E-state index contributed by atoms with van der Waals surface area (Å²) in [6.07, 6.45) is 0. The molecule has 1 aromatic heterocycles. The molecule has 0 unspecified atom stereocenters. The van der Waals surface area contributed by atoms with E-state index in [2.05, 4.69) is 21.9 Å². The van der Waals surface area contributed by atoms with Gasteiger partial charge in [0.25, 0.3) is 5.88 Å². The number of thiocarbonyl (C=S) groups is 1. The quantitative estimate of drug-likeness (QED) is 0.514. The van der Waals surface area contributed by atoms with E-state index < -0.39 is 5.91 Å². The van der Waals surface area contributed by atoms with E-state index in [1.807, 2.05) is 0 Å². The third kappa shape index (κ3) is 8.43. The molecule has 4 N–H and O–H groups in total. The van der Waals surface area contributed by atoms with Crippen LogP contribution < -0.4 is 5.48 Å². The Labute approximate surface area is 116 Å². The van der Waals surface area contributed by atoms with Crippen LogP contribution in [-0.4, -0.2) is 26.4 Å². The first-order chi connectivity index (χ1) is 6.47. The minimum absolute atomic E-state index is 0. The number of aromatic hydroxyl groups is 1. The number of nitrogens with one attached hydrogen (secondary N) is 2. The minimum atomic E-state index is -0.583. The van der Waals surface area contributed by atoms with Crippen LogP contribution in [0.2, 0.25) is 0 Å². The van der Waals surface area contributed by atoms with Gasteiger partial charge in [-0.2, -0.15) is 0 Å². The van der Waals surface area contributed by atoms with Gasteiger partial charge in [-0.25, -0.2) is 0 Å². The molecule has 0 saturated carbocycles. The standard InChI is InChI=1S/C4H4N2O3S.C2H5NO.Y/c7-3-1-2(9-6-3)4(10)5-8;1-2(3)4;/h1,8H,(H,5,10)(H,6,7);1H3,(H2,3,4);/p-1. The number of hydrogen-bond acceptors (Lipinski definition) is 6. The Balaban J connectivity index is 0. The number of aromatic nitrogens is 1. The molecule has 15 heavy (non-hydrogen) atoms. The van der Waals surface area contributed by atoms with Crippen LogP contribution in [0.3, 0.4) is 0 Å². The van der Waals surface area contributed by atoms with Gasteiger partial charge in [0.05, 0.1) is 6.07 Å². The number of hydrogen-bond donors (Lipinski definition) is 3. The fourth-order valence-corrected chi connectivity index (χ4v) is 0.524. The van der Waals surface area contributed by atoms with E-state index in [-0.39, 0.29) is 49.3 Å². The predicted molar refractivity (Wildman–Crippen MR) is 49.8 cm³/mol. The average Bonchev–Trinajstić information content (AvgIpc) is 2.49. The molecule has 0 aliphatic heterocycles. The van der Waals surface area contributed by atoms with Crippen molar-refractivity contribution >= 4 is 23.1 Å². The molecular weight excluding hydrogens is 299 g/mol. The molecule has 0 aliphatic rings. The van der Waals surface area contributed by atoms with Crippen LogP contribution in [0.5, 0.6) is 5.88 Å². The van der Waals surface area contributed by atoms with Crippen molar-refractivity contribution in [1.29, 1.82) is 0 Å². The van der Waals surface area contributed by atoms with Gasteiger partial charge < -0.3 is 20.2 Å². The maximum Gasteiger partial charge on any atom is 0.252 e. The number of nitrogens with zero attached hydrogens (tertiary/aromatic N) is 1. The molecule has 1 rings (SSSR count). The Morgan fingerprint density at radius 3 is 2.47 bits per heavy atom. The molecule has 7 nitrogen and oxygen atoms in total. The smallest absolute Gasteiger partial charge is 0.252 e. The molecule has 1 aromatic rings. The van der Waals surface area contributed by atoms with Gasteiger partial charge in [0, 0.05) is 38.6 Å². The van der Waals surface area contributed by atoms with Crippen molar-refractivity contribution in [2.24, 2.45) is 0 Å². The second kappa shape index (κ2) is 8.72. The summed E-state index contributed by atoms with van der Waals surface area (Å²) in [6.45, 7) is 1.19. The van der Waals surface area contributed by atoms with Crippen LogP contribution >= 0.6 is 12.2 Å². The fourth-order valence-electron chi connectivity index (χ4n) is 0.428. The Morgan fingerprint density at radius 1 is 1.73 bits per heavy atom. The van der Waals surface area contributed by atoms with Gasteiger partial charge in [-0.3, -0.25) is 10.7 Å². The van der Waals surface area contributed by atoms with E-state index >= 15 is 0 Å². The topological polar surface area (TPSA) is 119 Å². The molecule has 0 bridgehead atoms. The molecule has 0 aliphatic carbocycles. The van der Waals surface area contributed by atoms with E-state index in [1.54, 1.807) is 5.48 Å². The van der Waals surface area contributed by atoms with Crippen molar-refractivity contribution in [3.63, 3.8) is 0 Å². The largest absolute Gasteiger partial charge is 0.668 e. The zero-order valence-electron chi connectivity index (χ0n) is 7.72. The Bertz CT molecular complexity index is 326. The average molecular weight is 307 g/mol. The van der Waals surface area contributed by atoms with E-state index in [4.69, 9.17) is 20.8 Å². The van der Waals surface area contributed by atoms with Crippen molar-refractivity contribution in [2.75, 3.05) is 0 Å². The summed E-state index contributed by atoms with van der Waals surface area (Å²) < 4.78 is 4.45. The summed E-state index contributed by atoms with van der Waals surface area (Å²) in [6, 6.07) is 1.19. The minimum Gasteiger partial charge on any atom is -0.668 e. The summed E-state index contributed by atoms with van der Waals surface area (Å²) in [4.78, 5) is 9.09. The molecule has 9 heteroatoms.